The molecule has 0 aliphatic carbocycles. The van der Waals surface area contributed by atoms with Gasteiger partial charge in [-0.2, -0.15) is 11.8 Å². The van der Waals surface area contributed by atoms with Crippen molar-refractivity contribution in [3.8, 4) is 0 Å². The number of nitrogens with one attached hydrogen (secondary N) is 4. The Kier molecular flexibility index (Phi) is 11.8. The number of carboxylic acid groups (broad SMARTS) is 1. The number of hydrogen-bond donors (Lipinski definition) is 7. The molecule has 0 fully saturated rings. The van der Waals surface area contributed by atoms with E-state index >= 15 is 0 Å². The van der Waals surface area contributed by atoms with Crippen LogP contribution in [0.1, 0.15) is 25.0 Å². The van der Waals surface area contributed by atoms with Gasteiger partial charge in [0, 0.05) is 24.7 Å². The lowest BCUT2D eigenvalue weighted by Crippen LogP contribution is -2.54. The fraction of sp³-hybridized carbons (Fsp3) is 0.556. The number of imidazole rings is 1. The van der Waals surface area contributed by atoms with E-state index in [0.717, 1.165) is 0 Å². The molecule has 0 radical (unpaired) electrons. The molecule has 0 bridgehead atoms. The van der Waals surface area contributed by atoms with Crippen molar-refractivity contribution in [3.63, 3.8) is 0 Å². The molecule has 1 heterocycles. The summed E-state index contributed by atoms with van der Waals surface area (Å²) in [6, 6.07) is -3.24. The highest BCUT2D eigenvalue weighted by Crippen LogP contribution is 2.02. The van der Waals surface area contributed by atoms with Crippen LogP contribution in [0.4, 0.5) is 0 Å². The molecule has 178 valence electrons. The zero-order valence-electron chi connectivity index (χ0n) is 17.6. The lowest BCUT2D eigenvalue weighted by molar-refractivity contribution is -0.141. The third-order valence-corrected chi connectivity index (χ3v) is 4.95. The Morgan fingerprint density at radius 1 is 1.16 bits per heavy atom. The van der Waals surface area contributed by atoms with Gasteiger partial charge in [-0.25, -0.2) is 9.78 Å². The zero-order chi connectivity index (χ0) is 24.1. The van der Waals surface area contributed by atoms with Crippen molar-refractivity contribution in [2.75, 3.05) is 18.6 Å². The molecule has 3 atom stereocenters. The van der Waals surface area contributed by atoms with Crippen molar-refractivity contribution >= 4 is 41.4 Å². The molecule has 0 aromatic carbocycles. The van der Waals surface area contributed by atoms with Crippen LogP contribution in [0.2, 0.25) is 0 Å². The Morgan fingerprint density at radius 2 is 1.88 bits per heavy atom. The highest BCUT2D eigenvalue weighted by molar-refractivity contribution is 7.98. The maximum atomic E-state index is 12.5. The highest BCUT2D eigenvalue weighted by Gasteiger charge is 2.26. The average Bonchev–Trinajstić information content (AvgIpc) is 3.24. The van der Waals surface area contributed by atoms with Crippen molar-refractivity contribution in [3.05, 3.63) is 18.2 Å². The molecule has 1 aromatic heterocycles. The molecule has 32 heavy (non-hydrogen) atoms. The fourth-order valence-electron chi connectivity index (χ4n) is 2.59. The molecule has 3 unspecified atom stereocenters. The summed E-state index contributed by atoms with van der Waals surface area (Å²) in [6.07, 6.45) is 4.83. The Balaban J connectivity index is 2.65. The number of carbonyl (C=O) groups excluding carboxylic acids is 4. The molecule has 1 rings (SSSR count). The molecular formula is C18H29N7O6S. The van der Waals surface area contributed by atoms with E-state index in [-0.39, 0.29) is 25.7 Å². The summed E-state index contributed by atoms with van der Waals surface area (Å²) >= 11 is 1.44. The number of aromatic amines is 1. The van der Waals surface area contributed by atoms with Gasteiger partial charge in [0.25, 0.3) is 0 Å². The van der Waals surface area contributed by atoms with Gasteiger partial charge in [0.05, 0.1) is 18.9 Å². The Morgan fingerprint density at radius 3 is 2.44 bits per heavy atom. The summed E-state index contributed by atoms with van der Waals surface area (Å²) in [5.41, 5.74) is 11.6. The second kappa shape index (κ2) is 14.0. The van der Waals surface area contributed by atoms with Gasteiger partial charge in [0.2, 0.25) is 23.6 Å². The number of carboxylic acids is 1. The predicted octanol–water partition coefficient (Wildman–Crippen LogP) is -2.53. The van der Waals surface area contributed by atoms with Gasteiger partial charge in [-0.3, -0.25) is 19.2 Å². The van der Waals surface area contributed by atoms with E-state index in [1.807, 2.05) is 6.26 Å². The van der Waals surface area contributed by atoms with Gasteiger partial charge < -0.3 is 37.5 Å². The van der Waals surface area contributed by atoms with Crippen LogP contribution in [-0.4, -0.2) is 81.4 Å². The lowest BCUT2D eigenvalue weighted by atomic mass is 10.1. The number of thioether (sulfide) groups is 1. The molecule has 13 nitrogen and oxygen atoms in total. The zero-order valence-corrected chi connectivity index (χ0v) is 18.4. The fourth-order valence-corrected chi connectivity index (χ4v) is 3.06. The van der Waals surface area contributed by atoms with E-state index in [0.29, 0.717) is 11.4 Å². The molecule has 0 aliphatic rings. The van der Waals surface area contributed by atoms with E-state index in [4.69, 9.17) is 16.6 Å². The number of primary amides is 1. The standard InChI is InChI=1S/C18H29N7O6S/c1-32-5-4-13(18(30)31)24-15(27)8-22-17(29)12(2-3-14(20)26)25-16(28)11(19)6-10-7-21-9-23-10/h7,9,11-13H,2-6,8,19H2,1H3,(H2,20,26)(H,21,23)(H,22,29)(H,24,27)(H,25,28)(H,30,31). The number of amides is 4. The van der Waals surface area contributed by atoms with Crippen molar-refractivity contribution in [1.29, 1.82) is 0 Å². The van der Waals surface area contributed by atoms with Crippen LogP contribution in [-0.2, 0) is 30.4 Å². The number of carbonyl (C=O) groups is 5. The Labute approximate surface area is 188 Å². The molecule has 14 heteroatoms. The minimum absolute atomic E-state index is 0.100. The van der Waals surface area contributed by atoms with Crippen molar-refractivity contribution in [2.24, 2.45) is 11.5 Å². The quantitative estimate of drug-likeness (QED) is 0.143. The summed E-state index contributed by atoms with van der Waals surface area (Å²) in [5.74, 6) is -3.41. The Bertz CT molecular complexity index is 789. The van der Waals surface area contributed by atoms with Crippen molar-refractivity contribution in [1.82, 2.24) is 25.9 Å². The number of nitrogens with zero attached hydrogens (tertiary/aromatic N) is 1. The topological polar surface area (TPSA) is 222 Å². The number of aromatic nitrogens is 2. The van der Waals surface area contributed by atoms with Gasteiger partial charge in [-0.05, 0) is 24.9 Å². The molecule has 0 saturated carbocycles. The predicted molar refractivity (Wildman–Crippen MR) is 116 cm³/mol. The van der Waals surface area contributed by atoms with E-state index in [1.54, 1.807) is 0 Å². The summed E-state index contributed by atoms with van der Waals surface area (Å²) in [5, 5.41) is 16.3. The largest absolute Gasteiger partial charge is 0.480 e. The first kappa shape index (κ1) is 26.9. The number of nitrogens with two attached hydrogens (primary N) is 2. The first-order valence-electron chi connectivity index (χ1n) is 9.74. The molecule has 0 spiro atoms. The monoisotopic (exact) mass is 471 g/mol. The van der Waals surface area contributed by atoms with E-state index in [9.17, 15) is 24.0 Å². The Hall–Kier alpha value is -3.13. The van der Waals surface area contributed by atoms with Crippen LogP contribution >= 0.6 is 11.8 Å². The molecule has 0 saturated heterocycles. The van der Waals surface area contributed by atoms with E-state index in [1.165, 1.54) is 24.3 Å². The summed E-state index contributed by atoms with van der Waals surface area (Å²) < 4.78 is 0. The van der Waals surface area contributed by atoms with Gasteiger partial charge in [-0.1, -0.05) is 0 Å². The summed E-state index contributed by atoms with van der Waals surface area (Å²) in [4.78, 5) is 65.9. The normalized spacial score (nSPS) is 13.4. The second-order valence-corrected chi connectivity index (χ2v) is 7.90. The van der Waals surface area contributed by atoms with Gasteiger partial charge >= 0.3 is 5.97 Å². The number of hydrogen-bond acceptors (Lipinski definition) is 8. The third kappa shape index (κ3) is 10.3. The van der Waals surface area contributed by atoms with Crippen LogP contribution in [0.25, 0.3) is 0 Å². The van der Waals surface area contributed by atoms with Crippen LogP contribution in [0.5, 0.6) is 0 Å². The SMILES string of the molecule is CSCCC(NC(=O)CNC(=O)C(CCC(N)=O)NC(=O)C(N)Cc1cnc[nH]1)C(=O)O. The minimum Gasteiger partial charge on any atom is -0.480 e. The number of rotatable bonds is 15. The van der Waals surface area contributed by atoms with Gasteiger partial charge in [-0.15, -0.1) is 0 Å². The molecule has 4 amide bonds. The average molecular weight is 472 g/mol. The van der Waals surface area contributed by atoms with Gasteiger partial charge in [0.15, 0.2) is 0 Å². The first-order valence-corrected chi connectivity index (χ1v) is 11.1. The van der Waals surface area contributed by atoms with Crippen LogP contribution in [0.3, 0.4) is 0 Å². The minimum atomic E-state index is -1.18. The number of H-pyrrole nitrogens is 1. The highest BCUT2D eigenvalue weighted by atomic mass is 32.2. The first-order chi connectivity index (χ1) is 15.1. The smallest absolute Gasteiger partial charge is 0.326 e. The van der Waals surface area contributed by atoms with E-state index < -0.39 is 54.3 Å². The summed E-state index contributed by atoms with van der Waals surface area (Å²) in [6.45, 7) is -0.509. The van der Waals surface area contributed by atoms with Crippen molar-refractivity contribution in [2.45, 2.75) is 43.8 Å². The van der Waals surface area contributed by atoms with E-state index in [2.05, 4.69) is 25.9 Å². The van der Waals surface area contributed by atoms with Crippen LogP contribution in [0.15, 0.2) is 12.5 Å². The lowest BCUT2D eigenvalue weighted by Gasteiger charge is -2.20. The van der Waals surface area contributed by atoms with Crippen LogP contribution in [0, 0.1) is 0 Å². The molecule has 9 N–H and O–H groups in total. The van der Waals surface area contributed by atoms with Crippen molar-refractivity contribution < 1.29 is 29.1 Å². The maximum absolute atomic E-state index is 12.5. The maximum Gasteiger partial charge on any atom is 0.326 e. The number of aliphatic carboxylic acids is 1. The summed E-state index contributed by atoms with van der Waals surface area (Å²) in [7, 11) is 0. The van der Waals surface area contributed by atoms with Crippen LogP contribution < -0.4 is 27.4 Å². The molecular weight excluding hydrogens is 442 g/mol. The molecule has 0 aliphatic heterocycles. The molecule has 1 aromatic rings. The third-order valence-electron chi connectivity index (χ3n) is 4.31. The second-order valence-electron chi connectivity index (χ2n) is 6.91. The van der Waals surface area contributed by atoms with Gasteiger partial charge in [0.1, 0.15) is 12.1 Å².